The monoisotopic (exact) mass is 426 g/mol. The zero-order valence-electron chi connectivity index (χ0n) is 18.2. The number of hydrogen-bond acceptors (Lipinski definition) is 3. The van der Waals surface area contributed by atoms with Crippen LogP contribution < -0.4 is 5.32 Å². The Morgan fingerprint density at radius 3 is 2.09 bits per heavy atom. The van der Waals surface area contributed by atoms with E-state index in [9.17, 15) is 9.90 Å². The second-order valence-electron chi connectivity index (χ2n) is 9.07. The number of carboxylic acids is 1. The van der Waals surface area contributed by atoms with Crippen LogP contribution in [0.2, 0.25) is 0 Å². The number of benzene rings is 3. The summed E-state index contributed by atoms with van der Waals surface area (Å²) >= 11 is 0. The highest BCUT2D eigenvalue weighted by Gasteiger charge is 2.46. The fourth-order valence-corrected chi connectivity index (χ4v) is 5.70. The van der Waals surface area contributed by atoms with Crippen LogP contribution in [0.1, 0.15) is 45.8 Å². The van der Waals surface area contributed by atoms with E-state index in [2.05, 4.69) is 70.9 Å². The second-order valence-corrected chi connectivity index (χ2v) is 9.07. The summed E-state index contributed by atoms with van der Waals surface area (Å²) in [5, 5.41) is 13.3. The summed E-state index contributed by atoms with van der Waals surface area (Å²) in [4.78, 5) is 14.1. The van der Waals surface area contributed by atoms with Crippen molar-refractivity contribution in [1.82, 2.24) is 10.2 Å². The maximum absolute atomic E-state index is 11.4. The lowest BCUT2D eigenvalue weighted by Gasteiger charge is -2.54. The molecule has 3 atom stereocenters. The SMILES string of the molecule is O=C(O)c1ccc([C@H](c2ccccc2)[C@@H]2[C@H](NCc3ccccc3)C3CCN2CC3)cc1. The Bertz CT molecular complexity index is 1030. The highest BCUT2D eigenvalue weighted by atomic mass is 16.4. The normalized spacial score (nSPS) is 25.4. The standard InChI is InChI=1S/C28H30N2O2/c31-28(32)24-13-11-22(12-14-24)25(21-9-5-2-6-10-21)27-26(23-15-17-30(27)18-16-23)29-19-20-7-3-1-4-8-20/h1-14,23,25-27,29H,15-19H2,(H,31,32)/t25-,26+,27+/m0/s1. The highest BCUT2D eigenvalue weighted by Crippen LogP contribution is 2.42. The summed E-state index contributed by atoms with van der Waals surface area (Å²) in [6, 6.07) is 29.6. The topological polar surface area (TPSA) is 52.6 Å². The maximum Gasteiger partial charge on any atom is 0.335 e. The Balaban J connectivity index is 1.51. The van der Waals surface area contributed by atoms with Gasteiger partial charge in [-0.1, -0.05) is 72.8 Å². The van der Waals surface area contributed by atoms with Gasteiger partial charge in [-0.2, -0.15) is 0 Å². The smallest absolute Gasteiger partial charge is 0.335 e. The number of aromatic carboxylic acids is 1. The molecule has 2 bridgehead atoms. The van der Waals surface area contributed by atoms with Crippen molar-refractivity contribution in [2.75, 3.05) is 13.1 Å². The third kappa shape index (κ3) is 4.21. The molecule has 32 heavy (non-hydrogen) atoms. The van der Waals surface area contributed by atoms with Crippen LogP contribution in [0.4, 0.5) is 0 Å². The van der Waals surface area contributed by atoms with Gasteiger partial charge in [0.05, 0.1) is 5.56 Å². The predicted octanol–water partition coefficient (Wildman–Crippen LogP) is 4.77. The van der Waals surface area contributed by atoms with Gasteiger partial charge in [0.2, 0.25) is 0 Å². The molecule has 6 rings (SSSR count). The van der Waals surface area contributed by atoms with Crippen molar-refractivity contribution in [3.8, 4) is 0 Å². The number of fused-ring (bicyclic) bond motifs is 3. The third-order valence-corrected chi connectivity index (χ3v) is 7.27. The molecule has 3 fully saturated rings. The Hall–Kier alpha value is -2.95. The van der Waals surface area contributed by atoms with E-state index < -0.39 is 5.97 Å². The Morgan fingerprint density at radius 1 is 0.875 bits per heavy atom. The summed E-state index contributed by atoms with van der Waals surface area (Å²) < 4.78 is 0. The van der Waals surface area contributed by atoms with Gasteiger partial charge in [0.15, 0.2) is 0 Å². The van der Waals surface area contributed by atoms with Gasteiger partial charge in [0.25, 0.3) is 0 Å². The number of nitrogens with zero attached hydrogens (tertiary/aromatic N) is 1. The molecule has 3 saturated heterocycles. The van der Waals surface area contributed by atoms with E-state index >= 15 is 0 Å². The first kappa shape index (κ1) is 20.9. The first-order valence-electron chi connectivity index (χ1n) is 11.6. The largest absolute Gasteiger partial charge is 0.478 e. The van der Waals surface area contributed by atoms with Crippen LogP contribution in [0.5, 0.6) is 0 Å². The van der Waals surface area contributed by atoms with Crippen molar-refractivity contribution in [1.29, 1.82) is 0 Å². The molecule has 0 unspecified atom stereocenters. The molecule has 0 aromatic heterocycles. The van der Waals surface area contributed by atoms with E-state index in [1.54, 1.807) is 12.1 Å². The maximum atomic E-state index is 11.4. The van der Waals surface area contributed by atoms with Gasteiger partial charge in [-0.15, -0.1) is 0 Å². The van der Waals surface area contributed by atoms with Crippen LogP contribution in [0, 0.1) is 5.92 Å². The molecule has 0 aliphatic carbocycles. The number of nitrogens with one attached hydrogen (secondary N) is 1. The Morgan fingerprint density at radius 2 is 1.47 bits per heavy atom. The average Bonchev–Trinajstić information content (AvgIpc) is 2.86. The fraction of sp³-hybridized carbons (Fsp3) is 0.321. The third-order valence-electron chi connectivity index (χ3n) is 7.27. The Labute approximate surface area is 189 Å². The molecule has 4 heteroatoms. The minimum Gasteiger partial charge on any atom is -0.478 e. The summed E-state index contributed by atoms with van der Waals surface area (Å²) in [5.41, 5.74) is 4.12. The molecule has 0 spiro atoms. The summed E-state index contributed by atoms with van der Waals surface area (Å²) in [7, 11) is 0. The molecule has 164 valence electrons. The van der Waals surface area contributed by atoms with E-state index in [-0.39, 0.29) is 5.92 Å². The molecule has 3 aromatic rings. The quantitative estimate of drug-likeness (QED) is 0.571. The van der Waals surface area contributed by atoms with Gasteiger partial charge in [-0.25, -0.2) is 4.79 Å². The minimum absolute atomic E-state index is 0.190. The van der Waals surface area contributed by atoms with E-state index in [1.165, 1.54) is 29.5 Å². The lowest BCUT2D eigenvalue weighted by atomic mass is 9.70. The molecule has 3 aromatic carbocycles. The van der Waals surface area contributed by atoms with Gasteiger partial charge < -0.3 is 10.4 Å². The zero-order valence-corrected chi connectivity index (χ0v) is 18.2. The van der Waals surface area contributed by atoms with Gasteiger partial charge >= 0.3 is 5.97 Å². The molecule has 3 aliphatic rings. The lowest BCUT2D eigenvalue weighted by Crippen LogP contribution is -2.64. The van der Waals surface area contributed by atoms with Crippen molar-refractivity contribution < 1.29 is 9.90 Å². The van der Waals surface area contributed by atoms with Crippen molar-refractivity contribution >= 4 is 5.97 Å². The van der Waals surface area contributed by atoms with Crippen LogP contribution in [0.3, 0.4) is 0 Å². The molecule has 0 saturated carbocycles. The molecule has 3 heterocycles. The minimum atomic E-state index is -0.879. The number of piperidine rings is 3. The van der Waals surface area contributed by atoms with Crippen LogP contribution >= 0.6 is 0 Å². The van der Waals surface area contributed by atoms with Crippen LogP contribution in [0.15, 0.2) is 84.9 Å². The van der Waals surface area contributed by atoms with E-state index in [1.807, 2.05) is 12.1 Å². The molecule has 0 amide bonds. The van der Waals surface area contributed by atoms with Crippen molar-refractivity contribution in [3.63, 3.8) is 0 Å². The first-order chi connectivity index (χ1) is 15.7. The number of hydrogen-bond donors (Lipinski definition) is 2. The van der Waals surface area contributed by atoms with Crippen LogP contribution in [-0.2, 0) is 6.54 Å². The molecule has 0 radical (unpaired) electrons. The number of carbonyl (C=O) groups is 1. The first-order valence-corrected chi connectivity index (χ1v) is 11.6. The van der Waals surface area contributed by atoms with Gasteiger partial charge in [0.1, 0.15) is 0 Å². The molecule has 3 aliphatic heterocycles. The van der Waals surface area contributed by atoms with Crippen molar-refractivity contribution in [3.05, 3.63) is 107 Å². The van der Waals surface area contributed by atoms with E-state index in [0.717, 1.165) is 19.6 Å². The fourth-order valence-electron chi connectivity index (χ4n) is 5.70. The summed E-state index contributed by atoms with van der Waals surface area (Å²) in [6.45, 7) is 3.14. The summed E-state index contributed by atoms with van der Waals surface area (Å²) in [5.74, 6) is -0.0238. The van der Waals surface area contributed by atoms with Crippen molar-refractivity contribution in [2.24, 2.45) is 5.92 Å². The highest BCUT2D eigenvalue weighted by molar-refractivity contribution is 5.87. The van der Waals surface area contributed by atoms with Crippen molar-refractivity contribution in [2.45, 2.75) is 37.4 Å². The zero-order chi connectivity index (χ0) is 21.9. The Kier molecular flexibility index (Phi) is 6.06. The van der Waals surface area contributed by atoms with Gasteiger partial charge in [0, 0.05) is 24.5 Å². The molecular weight excluding hydrogens is 396 g/mol. The van der Waals surface area contributed by atoms with Gasteiger partial charge in [-0.3, -0.25) is 4.90 Å². The van der Waals surface area contributed by atoms with E-state index in [0.29, 0.717) is 23.6 Å². The molecule has 4 nitrogen and oxygen atoms in total. The van der Waals surface area contributed by atoms with Crippen LogP contribution in [0.25, 0.3) is 0 Å². The number of carboxylic acid groups (broad SMARTS) is 1. The average molecular weight is 427 g/mol. The van der Waals surface area contributed by atoms with Gasteiger partial charge in [-0.05, 0) is 60.7 Å². The predicted molar refractivity (Wildman–Crippen MR) is 127 cm³/mol. The van der Waals surface area contributed by atoms with E-state index in [4.69, 9.17) is 0 Å². The number of rotatable bonds is 7. The van der Waals surface area contributed by atoms with Crippen LogP contribution in [-0.4, -0.2) is 41.1 Å². The molecular formula is C28H30N2O2. The second kappa shape index (κ2) is 9.27. The molecule has 2 N–H and O–H groups in total. The lowest BCUT2D eigenvalue weighted by molar-refractivity contribution is 0.00468. The summed E-state index contributed by atoms with van der Waals surface area (Å²) in [6.07, 6.45) is 2.48.